The van der Waals surface area contributed by atoms with Crippen molar-refractivity contribution in [2.45, 2.75) is 6.54 Å². The van der Waals surface area contributed by atoms with E-state index in [1.165, 1.54) is 5.69 Å². The lowest BCUT2D eigenvalue weighted by molar-refractivity contribution is 0.432. The van der Waals surface area contributed by atoms with E-state index in [4.69, 9.17) is 4.74 Å². The van der Waals surface area contributed by atoms with Crippen LogP contribution in [0.25, 0.3) is 17.5 Å². The van der Waals surface area contributed by atoms with E-state index in [1.807, 2.05) is 55.0 Å². The van der Waals surface area contributed by atoms with Crippen LogP contribution in [0.2, 0.25) is 0 Å². The summed E-state index contributed by atoms with van der Waals surface area (Å²) in [6.45, 7) is 0.855. The molecule has 0 aliphatic carbocycles. The van der Waals surface area contributed by atoms with E-state index in [9.17, 15) is 0 Å². The van der Waals surface area contributed by atoms with Crippen LogP contribution in [-0.2, 0) is 6.54 Å². The molecule has 0 saturated carbocycles. The summed E-state index contributed by atoms with van der Waals surface area (Å²) in [5, 5.41) is 0. The molecule has 0 N–H and O–H groups in total. The third-order valence-corrected chi connectivity index (χ3v) is 3.88. The summed E-state index contributed by atoms with van der Waals surface area (Å²) in [4.78, 5) is 6.71. The number of hydrogen-bond acceptors (Lipinski definition) is 3. The van der Waals surface area contributed by atoms with E-state index in [2.05, 4.69) is 39.8 Å². The van der Waals surface area contributed by atoms with E-state index in [0.717, 1.165) is 29.3 Å². The van der Waals surface area contributed by atoms with Gasteiger partial charge >= 0.3 is 0 Å². The van der Waals surface area contributed by atoms with Crippen molar-refractivity contribution < 1.29 is 4.74 Å². The fourth-order valence-corrected chi connectivity index (χ4v) is 2.69. The molecule has 1 aliphatic heterocycles. The molecule has 2 heterocycles. The van der Waals surface area contributed by atoms with Gasteiger partial charge in [-0.3, -0.25) is 0 Å². The molecule has 0 amide bonds. The molecule has 2 aromatic carbocycles. The normalized spacial score (nSPS) is 13.0. The van der Waals surface area contributed by atoms with Crippen LogP contribution in [0.5, 0.6) is 11.5 Å². The van der Waals surface area contributed by atoms with Crippen molar-refractivity contribution in [1.82, 2.24) is 14.5 Å². The van der Waals surface area contributed by atoms with Gasteiger partial charge in [-0.2, -0.15) is 0 Å². The molecule has 4 heteroatoms. The molecule has 1 aliphatic rings. The Morgan fingerprint density at radius 3 is 2.43 bits per heavy atom. The van der Waals surface area contributed by atoms with E-state index in [0.29, 0.717) is 0 Å². The Bertz CT molecular complexity index is 835. The predicted molar refractivity (Wildman–Crippen MR) is 91.0 cm³/mol. The van der Waals surface area contributed by atoms with Crippen molar-refractivity contribution in [3.05, 3.63) is 72.8 Å². The van der Waals surface area contributed by atoms with Crippen molar-refractivity contribution in [1.29, 1.82) is 0 Å². The summed E-state index contributed by atoms with van der Waals surface area (Å²) in [6, 6.07) is 17.9. The molecule has 4 rings (SSSR count). The average molecular weight is 303 g/mol. The molecule has 3 aromatic rings. The van der Waals surface area contributed by atoms with Crippen LogP contribution >= 0.6 is 0 Å². The van der Waals surface area contributed by atoms with Gasteiger partial charge in [-0.05, 0) is 36.4 Å². The molecule has 4 nitrogen and oxygen atoms in total. The fraction of sp³-hybridized carbons (Fsp3) is 0.105. The monoisotopic (exact) mass is 303 g/mol. The van der Waals surface area contributed by atoms with Crippen LogP contribution < -0.4 is 4.74 Å². The Labute approximate surface area is 135 Å². The molecule has 0 saturated heterocycles. The SMILES string of the molecule is CN1C=Cn2cnc(-c3ccc(Oc4ccccc4)cc3)c2C1. The van der Waals surface area contributed by atoms with Crippen LogP contribution in [0.4, 0.5) is 0 Å². The van der Waals surface area contributed by atoms with Crippen molar-refractivity contribution in [3.63, 3.8) is 0 Å². The van der Waals surface area contributed by atoms with Gasteiger partial charge in [0.05, 0.1) is 24.3 Å². The highest BCUT2D eigenvalue weighted by Gasteiger charge is 2.15. The number of ether oxygens (including phenoxy) is 1. The van der Waals surface area contributed by atoms with Gasteiger partial charge in [0.25, 0.3) is 0 Å². The summed E-state index contributed by atoms with van der Waals surface area (Å²) >= 11 is 0. The fourth-order valence-electron chi connectivity index (χ4n) is 2.69. The molecule has 0 fully saturated rings. The lowest BCUT2D eigenvalue weighted by Crippen LogP contribution is -2.17. The van der Waals surface area contributed by atoms with Gasteiger partial charge in [0.15, 0.2) is 0 Å². The highest BCUT2D eigenvalue weighted by Crippen LogP contribution is 2.28. The van der Waals surface area contributed by atoms with Crippen molar-refractivity contribution in [2.75, 3.05) is 7.05 Å². The standard InChI is InChI=1S/C19H17N3O/c1-21-11-12-22-14-20-19(18(22)13-21)15-7-9-17(10-8-15)23-16-5-3-2-4-6-16/h2-12,14H,13H2,1H3. The van der Waals surface area contributed by atoms with Gasteiger partial charge in [-0.25, -0.2) is 4.98 Å². The predicted octanol–water partition coefficient (Wildman–Crippen LogP) is 4.22. The topological polar surface area (TPSA) is 30.3 Å². The molecular formula is C19H17N3O. The van der Waals surface area contributed by atoms with E-state index in [1.54, 1.807) is 0 Å². The minimum atomic E-state index is 0.824. The number of rotatable bonds is 3. The smallest absolute Gasteiger partial charge is 0.127 e. The zero-order valence-corrected chi connectivity index (χ0v) is 12.9. The molecule has 1 aromatic heterocycles. The number of fused-ring (bicyclic) bond motifs is 1. The van der Waals surface area contributed by atoms with Crippen LogP contribution in [-0.4, -0.2) is 21.5 Å². The number of nitrogens with zero attached hydrogens (tertiary/aromatic N) is 3. The Hall–Kier alpha value is -3.01. The first-order valence-electron chi connectivity index (χ1n) is 7.57. The first kappa shape index (κ1) is 13.6. The summed E-state index contributed by atoms with van der Waals surface area (Å²) in [7, 11) is 2.06. The van der Waals surface area contributed by atoms with Crippen LogP contribution in [0.3, 0.4) is 0 Å². The Kier molecular flexibility index (Phi) is 3.35. The highest BCUT2D eigenvalue weighted by atomic mass is 16.5. The second-order valence-electron chi connectivity index (χ2n) is 5.60. The van der Waals surface area contributed by atoms with Gasteiger partial charge in [-0.15, -0.1) is 0 Å². The summed E-state index contributed by atoms with van der Waals surface area (Å²) in [5.74, 6) is 1.66. The Morgan fingerprint density at radius 1 is 0.913 bits per heavy atom. The van der Waals surface area contributed by atoms with E-state index < -0.39 is 0 Å². The zero-order valence-electron chi connectivity index (χ0n) is 12.9. The lowest BCUT2D eigenvalue weighted by atomic mass is 10.1. The maximum Gasteiger partial charge on any atom is 0.127 e. The van der Waals surface area contributed by atoms with Crippen LogP contribution in [0.1, 0.15) is 5.69 Å². The minimum absolute atomic E-state index is 0.824. The number of aromatic nitrogens is 2. The van der Waals surface area contributed by atoms with Crippen molar-refractivity contribution in [3.8, 4) is 22.8 Å². The lowest BCUT2D eigenvalue weighted by Gasteiger charge is -2.20. The summed E-state index contributed by atoms with van der Waals surface area (Å²) < 4.78 is 7.91. The second kappa shape index (κ2) is 5.65. The molecule has 0 bridgehead atoms. The largest absolute Gasteiger partial charge is 0.457 e. The summed E-state index contributed by atoms with van der Waals surface area (Å²) in [6.07, 6.45) is 5.94. The summed E-state index contributed by atoms with van der Waals surface area (Å²) in [5.41, 5.74) is 3.32. The van der Waals surface area contributed by atoms with Gasteiger partial charge in [0.2, 0.25) is 0 Å². The first-order valence-corrected chi connectivity index (χ1v) is 7.57. The molecule has 0 unspecified atom stereocenters. The number of benzene rings is 2. The van der Waals surface area contributed by atoms with Gasteiger partial charge < -0.3 is 14.2 Å². The van der Waals surface area contributed by atoms with Gasteiger partial charge in [0, 0.05) is 25.0 Å². The van der Waals surface area contributed by atoms with Crippen LogP contribution in [0.15, 0.2) is 67.1 Å². The molecule has 0 radical (unpaired) electrons. The third kappa shape index (κ3) is 2.71. The van der Waals surface area contributed by atoms with Crippen LogP contribution in [0, 0.1) is 0 Å². The number of imidazole rings is 1. The van der Waals surface area contributed by atoms with E-state index in [-0.39, 0.29) is 0 Å². The third-order valence-electron chi connectivity index (χ3n) is 3.88. The maximum absolute atomic E-state index is 5.84. The van der Waals surface area contributed by atoms with Crippen molar-refractivity contribution in [2.24, 2.45) is 0 Å². The minimum Gasteiger partial charge on any atom is -0.457 e. The molecule has 0 spiro atoms. The highest BCUT2D eigenvalue weighted by molar-refractivity contribution is 5.64. The number of hydrogen-bond donors (Lipinski definition) is 0. The van der Waals surface area contributed by atoms with Gasteiger partial charge in [-0.1, -0.05) is 18.2 Å². The molecule has 23 heavy (non-hydrogen) atoms. The number of para-hydroxylation sites is 1. The van der Waals surface area contributed by atoms with E-state index >= 15 is 0 Å². The zero-order chi connectivity index (χ0) is 15.6. The molecular weight excluding hydrogens is 286 g/mol. The second-order valence-corrected chi connectivity index (χ2v) is 5.60. The first-order chi connectivity index (χ1) is 11.3. The average Bonchev–Trinajstić information content (AvgIpc) is 2.99. The Morgan fingerprint density at radius 2 is 1.65 bits per heavy atom. The molecule has 114 valence electrons. The van der Waals surface area contributed by atoms with Crippen molar-refractivity contribution >= 4 is 6.20 Å². The van der Waals surface area contributed by atoms with Gasteiger partial charge in [0.1, 0.15) is 11.5 Å². The Balaban J connectivity index is 1.60. The molecule has 0 atom stereocenters. The maximum atomic E-state index is 5.84. The quantitative estimate of drug-likeness (QED) is 0.726.